The van der Waals surface area contributed by atoms with Crippen molar-refractivity contribution in [1.29, 1.82) is 5.26 Å². The number of phenolic OH excluding ortho intramolecular Hbond substituents is 1. The Morgan fingerprint density at radius 3 is 2.32 bits per heavy atom. The highest BCUT2D eigenvalue weighted by Crippen LogP contribution is 2.15. The molecule has 0 spiro atoms. The fourth-order valence-corrected chi connectivity index (χ4v) is 2.80. The normalized spacial score (nSPS) is 17.3. The molecule has 5 nitrogen and oxygen atoms in total. The second-order valence-corrected chi connectivity index (χ2v) is 6.08. The maximum atomic E-state index is 12.3. The number of rotatable bonds is 4. The number of hydrogen-bond donors (Lipinski definition) is 1. The highest BCUT2D eigenvalue weighted by Gasteiger charge is 2.27. The first kappa shape index (κ1) is 16.3. The molecular weight excluding hydrogens is 278 g/mol. The predicted octanol–water partition coefficient (Wildman–Crippen LogP) is 1.63. The Kier molecular flexibility index (Phi) is 5.40. The van der Waals surface area contributed by atoms with Crippen molar-refractivity contribution < 1.29 is 9.90 Å². The molecule has 1 heterocycles. The van der Waals surface area contributed by atoms with Crippen LogP contribution in [-0.2, 0) is 11.2 Å². The molecule has 1 aromatic carbocycles. The summed E-state index contributed by atoms with van der Waals surface area (Å²) >= 11 is 0. The number of hydrogen-bond acceptors (Lipinski definition) is 4. The van der Waals surface area contributed by atoms with Crippen LogP contribution in [0.1, 0.15) is 19.4 Å². The van der Waals surface area contributed by atoms with Gasteiger partial charge in [0, 0.05) is 26.2 Å². The van der Waals surface area contributed by atoms with Gasteiger partial charge in [-0.3, -0.25) is 9.69 Å². The average Bonchev–Trinajstić information content (AvgIpc) is 2.50. The fourth-order valence-electron chi connectivity index (χ4n) is 2.80. The van der Waals surface area contributed by atoms with Gasteiger partial charge in [0.2, 0.25) is 5.91 Å². The van der Waals surface area contributed by atoms with Crippen molar-refractivity contribution in [3.05, 3.63) is 29.8 Å². The second-order valence-electron chi connectivity index (χ2n) is 6.08. The van der Waals surface area contributed by atoms with Crippen LogP contribution in [-0.4, -0.2) is 53.0 Å². The summed E-state index contributed by atoms with van der Waals surface area (Å²) in [5, 5.41) is 18.5. The zero-order chi connectivity index (χ0) is 16.1. The maximum Gasteiger partial charge on any atom is 0.227 e. The highest BCUT2D eigenvalue weighted by molar-refractivity contribution is 5.78. The summed E-state index contributed by atoms with van der Waals surface area (Å²) in [6, 6.07) is 9.02. The monoisotopic (exact) mass is 301 g/mol. The van der Waals surface area contributed by atoms with E-state index in [0.29, 0.717) is 25.4 Å². The zero-order valence-electron chi connectivity index (χ0n) is 13.2. The lowest BCUT2D eigenvalue weighted by Gasteiger charge is -2.38. The lowest BCUT2D eigenvalue weighted by molar-refractivity contribution is -0.132. The van der Waals surface area contributed by atoms with Gasteiger partial charge in [-0.05, 0) is 23.6 Å². The van der Waals surface area contributed by atoms with Crippen molar-refractivity contribution >= 4 is 5.91 Å². The molecule has 1 amide bonds. The van der Waals surface area contributed by atoms with Crippen molar-refractivity contribution in [2.75, 3.05) is 26.2 Å². The van der Waals surface area contributed by atoms with Gasteiger partial charge in [0.25, 0.3) is 0 Å². The van der Waals surface area contributed by atoms with Gasteiger partial charge < -0.3 is 10.0 Å². The van der Waals surface area contributed by atoms with Crippen LogP contribution in [0.15, 0.2) is 24.3 Å². The largest absolute Gasteiger partial charge is 0.508 e. The first-order chi connectivity index (χ1) is 10.5. The molecule has 1 fully saturated rings. The number of amides is 1. The van der Waals surface area contributed by atoms with Crippen molar-refractivity contribution in [2.24, 2.45) is 5.92 Å². The standard InChI is InChI=1S/C17H23N3O2/c1-13(2)16(12-18)19-7-9-20(10-8-19)17(22)11-14-3-5-15(21)6-4-14/h3-6,13,16,21H,7-11H2,1-2H3/t16-/m1/s1. The third kappa shape index (κ3) is 3.99. The van der Waals surface area contributed by atoms with E-state index < -0.39 is 0 Å². The van der Waals surface area contributed by atoms with Gasteiger partial charge in [-0.25, -0.2) is 0 Å². The molecule has 1 N–H and O–H groups in total. The summed E-state index contributed by atoms with van der Waals surface area (Å²) in [5.74, 6) is 0.605. The van der Waals surface area contributed by atoms with Crippen molar-refractivity contribution in [3.63, 3.8) is 0 Å². The Morgan fingerprint density at radius 2 is 1.82 bits per heavy atom. The van der Waals surface area contributed by atoms with Gasteiger partial charge in [-0.15, -0.1) is 0 Å². The van der Waals surface area contributed by atoms with Crippen LogP contribution >= 0.6 is 0 Å². The van der Waals surface area contributed by atoms with E-state index >= 15 is 0 Å². The Bertz CT molecular complexity index is 540. The molecule has 118 valence electrons. The van der Waals surface area contributed by atoms with Crippen LogP contribution < -0.4 is 0 Å². The summed E-state index contributed by atoms with van der Waals surface area (Å²) in [7, 11) is 0. The highest BCUT2D eigenvalue weighted by atomic mass is 16.3. The van der Waals surface area contributed by atoms with Gasteiger partial charge in [-0.2, -0.15) is 5.26 Å². The molecule has 0 aliphatic carbocycles. The van der Waals surface area contributed by atoms with Gasteiger partial charge in [0.05, 0.1) is 12.5 Å². The fraction of sp³-hybridized carbons (Fsp3) is 0.529. The molecule has 22 heavy (non-hydrogen) atoms. The molecule has 0 saturated carbocycles. The van der Waals surface area contributed by atoms with Crippen LogP contribution in [0.2, 0.25) is 0 Å². The van der Waals surface area contributed by atoms with E-state index in [4.69, 9.17) is 0 Å². The van der Waals surface area contributed by atoms with E-state index in [0.717, 1.165) is 18.7 Å². The molecule has 1 atom stereocenters. The summed E-state index contributed by atoms with van der Waals surface area (Å²) < 4.78 is 0. The van der Waals surface area contributed by atoms with Gasteiger partial charge in [-0.1, -0.05) is 26.0 Å². The Hall–Kier alpha value is -2.06. The van der Waals surface area contributed by atoms with Crippen LogP contribution in [0.4, 0.5) is 0 Å². The molecule has 0 bridgehead atoms. The minimum Gasteiger partial charge on any atom is -0.508 e. The smallest absolute Gasteiger partial charge is 0.227 e. The molecule has 0 radical (unpaired) electrons. The molecule has 5 heteroatoms. The minimum absolute atomic E-state index is 0.0747. The third-order valence-electron chi connectivity index (χ3n) is 4.12. The van der Waals surface area contributed by atoms with Crippen LogP contribution in [0.5, 0.6) is 5.75 Å². The van der Waals surface area contributed by atoms with Gasteiger partial charge in [0.1, 0.15) is 11.8 Å². The molecule has 1 aliphatic rings. The first-order valence-electron chi connectivity index (χ1n) is 7.70. The van der Waals surface area contributed by atoms with Crippen molar-refractivity contribution in [3.8, 4) is 11.8 Å². The number of piperazine rings is 1. The summed E-state index contributed by atoms with van der Waals surface area (Å²) in [6.45, 7) is 6.94. The first-order valence-corrected chi connectivity index (χ1v) is 7.70. The minimum atomic E-state index is -0.0747. The summed E-state index contributed by atoms with van der Waals surface area (Å²) in [5.41, 5.74) is 0.905. The molecule has 0 unspecified atom stereocenters. The molecule has 2 rings (SSSR count). The molecule has 1 aliphatic heterocycles. The number of carbonyl (C=O) groups excluding carboxylic acids is 1. The summed E-state index contributed by atoms with van der Waals surface area (Å²) in [6.07, 6.45) is 0.353. The van der Waals surface area contributed by atoms with E-state index in [1.54, 1.807) is 24.3 Å². The molecule has 1 saturated heterocycles. The second kappa shape index (κ2) is 7.28. The number of carbonyl (C=O) groups is 1. The van der Waals surface area contributed by atoms with E-state index in [2.05, 4.69) is 24.8 Å². The van der Waals surface area contributed by atoms with Crippen molar-refractivity contribution in [1.82, 2.24) is 9.80 Å². The van der Waals surface area contributed by atoms with Gasteiger partial charge >= 0.3 is 0 Å². The Balaban J connectivity index is 1.87. The Labute approximate surface area is 131 Å². The SMILES string of the molecule is CC(C)[C@@H](C#N)N1CCN(C(=O)Cc2ccc(O)cc2)CC1. The number of nitriles is 1. The maximum absolute atomic E-state index is 12.3. The number of aromatic hydroxyl groups is 1. The third-order valence-corrected chi connectivity index (χ3v) is 4.12. The lowest BCUT2D eigenvalue weighted by Crippen LogP contribution is -2.53. The Morgan fingerprint density at radius 1 is 1.23 bits per heavy atom. The van der Waals surface area contributed by atoms with Crippen LogP contribution in [0.25, 0.3) is 0 Å². The van der Waals surface area contributed by atoms with Crippen molar-refractivity contribution in [2.45, 2.75) is 26.3 Å². The molecular formula is C17H23N3O2. The topological polar surface area (TPSA) is 67.6 Å². The number of nitrogens with zero attached hydrogens (tertiary/aromatic N) is 3. The van der Waals surface area contributed by atoms with E-state index in [1.807, 2.05) is 4.90 Å². The van der Waals surface area contributed by atoms with E-state index in [9.17, 15) is 15.2 Å². The van der Waals surface area contributed by atoms with Crippen LogP contribution in [0, 0.1) is 17.2 Å². The van der Waals surface area contributed by atoms with E-state index in [-0.39, 0.29) is 17.7 Å². The summed E-state index contributed by atoms with van der Waals surface area (Å²) in [4.78, 5) is 16.3. The molecule has 0 aromatic heterocycles. The lowest BCUT2D eigenvalue weighted by atomic mass is 10.0. The molecule has 1 aromatic rings. The number of benzene rings is 1. The van der Waals surface area contributed by atoms with Crippen LogP contribution in [0.3, 0.4) is 0 Å². The zero-order valence-corrected chi connectivity index (χ0v) is 13.2. The average molecular weight is 301 g/mol. The van der Waals surface area contributed by atoms with E-state index in [1.165, 1.54) is 0 Å². The number of phenols is 1. The quantitative estimate of drug-likeness (QED) is 0.918. The van der Waals surface area contributed by atoms with Gasteiger partial charge in [0.15, 0.2) is 0 Å². The predicted molar refractivity (Wildman–Crippen MR) is 84.2 cm³/mol.